The van der Waals surface area contributed by atoms with Crippen LogP contribution in [0.15, 0.2) is 0 Å². The second-order valence-corrected chi connectivity index (χ2v) is 6.02. The molecule has 0 atom stereocenters. The van der Waals surface area contributed by atoms with Crippen molar-refractivity contribution < 1.29 is 14.3 Å². The molecular weight excluding hydrogens is 204 g/mol. The number of hydrogen-bond donors (Lipinski definition) is 0. The van der Waals surface area contributed by atoms with Crippen LogP contribution in [-0.2, 0) is 14.3 Å². The van der Waals surface area contributed by atoms with Gasteiger partial charge >= 0.3 is 5.97 Å². The Labute approximate surface area is 95.5 Å². The van der Waals surface area contributed by atoms with Crippen LogP contribution in [0, 0.1) is 23.2 Å². The molecule has 4 aliphatic rings. The van der Waals surface area contributed by atoms with E-state index in [4.69, 9.17) is 0 Å². The highest BCUT2D eigenvalue weighted by Crippen LogP contribution is 2.60. The van der Waals surface area contributed by atoms with E-state index in [1.165, 1.54) is 26.4 Å². The van der Waals surface area contributed by atoms with Gasteiger partial charge in [-0.3, -0.25) is 4.79 Å². The van der Waals surface area contributed by atoms with Gasteiger partial charge in [-0.1, -0.05) is 0 Å². The molecule has 0 aliphatic heterocycles. The predicted molar refractivity (Wildman–Crippen MR) is 57.6 cm³/mol. The molecule has 0 radical (unpaired) electrons. The van der Waals surface area contributed by atoms with E-state index in [1.54, 1.807) is 0 Å². The molecule has 4 aliphatic carbocycles. The summed E-state index contributed by atoms with van der Waals surface area (Å²) in [6.45, 7) is 0. The standard InChI is InChI=1S/C13H18O3/c1-16-12(15)11(14)13-5-8-2-9(6-13)4-10(3-8)7-13/h8-10H,2-7H2,1H3. The molecule has 4 saturated carbocycles. The fourth-order valence-corrected chi connectivity index (χ4v) is 4.70. The normalized spacial score (nSPS) is 44.4. The van der Waals surface area contributed by atoms with E-state index in [-0.39, 0.29) is 11.2 Å². The van der Waals surface area contributed by atoms with Gasteiger partial charge in [0.05, 0.1) is 7.11 Å². The van der Waals surface area contributed by atoms with Crippen molar-refractivity contribution in [3.05, 3.63) is 0 Å². The Hall–Kier alpha value is -0.860. The molecular formula is C13H18O3. The van der Waals surface area contributed by atoms with E-state index in [1.807, 2.05) is 0 Å². The summed E-state index contributed by atoms with van der Waals surface area (Å²) in [6, 6.07) is 0. The zero-order chi connectivity index (χ0) is 11.3. The van der Waals surface area contributed by atoms with Crippen LogP contribution < -0.4 is 0 Å². The average molecular weight is 222 g/mol. The molecule has 0 aromatic heterocycles. The number of rotatable bonds is 2. The van der Waals surface area contributed by atoms with Crippen LogP contribution >= 0.6 is 0 Å². The third kappa shape index (κ3) is 1.33. The molecule has 0 N–H and O–H groups in total. The fraction of sp³-hybridized carbons (Fsp3) is 0.846. The number of ketones is 1. The van der Waals surface area contributed by atoms with Crippen LogP contribution in [0.1, 0.15) is 38.5 Å². The van der Waals surface area contributed by atoms with Crippen molar-refractivity contribution in [3.63, 3.8) is 0 Å². The van der Waals surface area contributed by atoms with Gasteiger partial charge in [0.2, 0.25) is 5.78 Å². The molecule has 4 rings (SSSR count). The van der Waals surface area contributed by atoms with Gasteiger partial charge in [-0.05, 0) is 56.3 Å². The maximum absolute atomic E-state index is 12.2. The fourth-order valence-electron chi connectivity index (χ4n) is 4.70. The summed E-state index contributed by atoms with van der Waals surface area (Å²) in [7, 11) is 1.31. The molecule has 0 amide bonds. The zero-order valence-corrected chi connectivity index (χ0v) is 9.70. The monoisotopic (exact) mass is 222 g/mol. The van der Waals surface area contributed by atoms with Crippen molar-refractivity contribution in [2.75, 3.05) is 7.11 Å². The number of methoxy groups -OCH3 is 1. The smallest absolute Gasteiger partial charge is 0.374 e. The van der Waals surface area contributed by atoms with Gasteiger partial charge in [0.1, 0.15) is 0 Å². The first-order valence-electron chi connectivity index (χ1n) is 6.26. The van der Waals surface area contributed by atoms with Crippen LogP contribution in [0.3, 0.4) is 0 Å². The molecule has 3 nitrogen and oxygen atoms in total. The van der Waals surface area contributed by atoms with Crippen molar-refractivity contribution >= 4 is 11.8 Å². The highest BCUT2D eigenvalue weighted by Gasteiger charge is 2.56. The lowest BCUT2D eigenvalue weighted by atomic mass is 9.48. The van der Waals surface area contributed by atoms with Crippen LogP contribution in [0.4, 0.5) is 0 Å². The van der Waals surface area contributed by atoms with Crippen LogP contribution in [0.5, 0.6) is 0 Å². The topological polar surface area (TPSA) is 43.4 Å². The van der Waals surface area contributed by atoms with Crippen molar-refractivity contribution in [2.24, 2.45) is 23.2 Å². The maximum atomic E-state index is 12.2. The summed E-state index contributed by atoms with van der Waals surface area (Å²) in [4.78, 5) is 23.6. The molecule has 0 aromatic carbocycles. The summed E-state index contributed by atoms with van der Waals surface area (Å²) >= 11 is 0. The Kier molecular flexibility index (Phi) is 2.13. The van der Waals surface area contributed by atoms with E-state index < -0.39 is 5.97 Å². The van der Waals surface area contributed by atoms with Gasteiger partial charge in [-0.15, -0.1) is 0 Å². The van der Waals surface area contributed by atoms with Crippen LogP contribution in [-0.4, -0.2) is 18.9 Å². The van der Waals surface area contributed by atoms with Crippen molar-refractivity contribution in [3.8, 4) is 0 Å². The van der Waals surface area contributed by atoms with Crippen LogP contribution in [0.25, 0.3) is 0 Å². The SMILES string of the molecule is COC(=O)C(=O)C12CC3CC(CC(C3)C1)C2. The minimum atomic E-state index is -0.623. The maximum Gasteiger partial charge on any atom is 0.374 e. The molecule has 0 saturated heterocycles. The molecule has 0 unspecified atom stereocenters. The number of carbonyl (C=O) groups excluding carboxylic acids is 2. The van der Waals surface area contributed by atoms with Gasteiger partial charge in [0.15, 0.2) is 0 Å². The molecule has 0 aromatic rings. The first-order valence-corrected chi connectivity index (χ1v) is 6.26. The summed E-state index contributed by atoms with van der Waals surface area (Å²) in [6.07, 6.45) is 6.67. The summed E-state index contributed by atoms with van der Waals surface area (Å²) in [5.74, 6) is 1.22. The summed E-state index contributed by atoms with van der Waals surface area (Å²) in [5, 5.41) is 0. The molecule has 4 bridgehead atoms. The summed E-state index contributed by atoms with van der Waals surface area (Å²) < 4.78 is 4.61. The van der Waals surface area contributed by atoms with E-state index in [2.05, 4.69) is 4.74 Å². The quantitative estimate of drug-likeness (QED) is 0.529. The van der Waals surface area contributed by atoms with Gasteiger partial charge in [0.25, 0.3) is 0 Å². The lowest BCUT2D eigenvalue weighted by Gasteiger charge is -2.55. The highest BCUT2D eigenvalue weighted by atomic mass is 16.5. The Bertz CT molecular complexity index is 310. The van der Waals surface area contributed by atoms with Gasteiger partial charge in [0, 0.05) is 5.41 Å². The Balaban J connectivity index is 1.88. The molecule has 4 fully saturated rings. The van der Waals surface area contributed by atoms with Gasteiger partial charge < -0.3 is 4.74 Å². The van der Waals surface area contributed by atoms with Crippen LogP contribution in [0.2, 0.25) is 0 Å². The number of hydrogen-bond acceptors (Lipinski definition) is 3. The number of esters is 1. The average Bonchev–Trinajstić information content (AvgIpc) is 2.25. The van der Waals surface area contributed by atoms with Crippen molar-refractivity contribution in [1.29, 1.82) is 0 Å². The molecule has 0 spiro atoms. The second kappa shape index (κ2) is 3.31. The van der Waals surface area contributed by atoms with Crippen molar-refractivity contribution in [2.45, 2.75) is 38.5 Å². The first-order chi connectivity index (χ1) is 7.63. The third-order valence-corrected chi connectivity index (χ3v) is 4.89. The third-order valence-electron chi connectivity index (χ3n) is 4.89. The van der Waals surface area contributed by atoms with Crippen molar-refractivity contribution in [1.82, 2.24) is 0 Å². The number of carbonyl (C=O) groups is 2. The predicted octanol–water partition coefficient (Wildman–Crippen LogP) is 1.94. The molecule has 0 heterocycles. The highest BCUT2D eigenvalue weighted by molar-refractivity contribution is 6.35. The van der Waals surface area contributed by atoms with Gasteiger partial charge in [-0.25, -0.2) is 4.79 Å². The zero-order valence-electron chi connectivity index (χ0n) is 9.70. The molecule has 16 heavy (non-hydrogen) atoms. The largest absolute Gasteiger partial charge is 0.463 e. The Morgan fingerprint density at radius 1 is 1.00 bits per heavy atom. The molecule has 88 valence electrons. The Morgan fingerprint density at radius 3 is 1.81 bits per heavy atom. The second-order valence-electron chi connectivity index (χ2n) is 6.02. The lowest BCUT2D eigenvalue weighted by Crippen LogP contribution is -2.52. The van der Waals surface area contributed by atoms with Gasteiger partial charge in [-0.2, -0.15) is 0 Å². The minimum Gasteiger partial charge on any atom is -0.463 e. The summed E-state index contributed by atoms with van der Waals surface area (Å²) in [5.41, 5.74) is -0.332. The first kappa shape index (κ1) is 10.3. The van der Waals surface area contributed by atoms with E-state index in [0.29, 0.717) is 17.8 Å². The Morgan fingerprint density at radius 2 is 1.44 bits per heavy atom. The minimum absolute atomic E-state index is 0.242. The lowest BCUT2D eigenvalue weighted by molar-refractivity contribution is -0.164. The van der Waals surface area contributed by atoms with E-state index in [0.717, 1.165) is 19.3 Å². The number of Topliss-reactive ketones (excluding diaryl/α,β-unsaturated/α-hetero) is 1. The molecule has 3 heteroatoms. The van der Waals surface area contributed by atoms with E-state index in [9.17, 15) is 9.59 Å². The van der Waals surface area contributed by atoms with E-state index >= 15 is 0 Å². The number of ether oxygens (including phenoxy) is 1.